The number of nitrogens with zero attached hydrogens (tertiary/aromatic N) is 1. The van der Waals surface area contributed by atoms with Crippen LogP contribution in [0, 0.1) is 5.92 Å². The second-order valence-corrected chi connectivity index (χ2v) is 6.07. The summed E-state index contributed by atoms with van der Waals surface area (Å²) in [7, 11) is 1.52. The number of hydrogen-bond acceptors (Lipinski definition) is 6. The number of ketones is 1. The van der Waals surface area contributed by atoms with Gasteiger partial charge in [-0.3, -0.25) is 9.59 Å². The number of amides is 1. The van der Waals surface area contributed by atoms with Gasteiger partial charge in [0, 0.05) is 13.5 Å². The van der Waals surface area contributed by atoms with Crippen LogP contribution in [0.5, 0.6) is 0 Å². The molecule has 126 valence electrons. The van der Waals surface area contributed by atoms with Gasteiger partial charge in [-0.1, -0.05) is 20.3 Å². The summed E-state index contributed by atoms with van der Waals surface area (Å²) < 4.78 is 9.69. The number of likely N-dealkylation sites (N-methyl/N-ethyl adjacent to an activating group) is 1. The van der Waals surface area contributed by atoms with Crippen LogP contribution in [-0.2, 0) is 19.1 Å². The van der Waals surface area contributed by atoms with Gasteiger partial charge in [0.25, 0.3) is 0 Å². The zero-order valence-electron chi connectivity index (χ0n) is 13.5. The fraction of sp³-hybridized carbons (Fsp3) is 0.800. The summed E-state index contributed by atoms with van der Waals surface area (Å²) in [4.78, 5) is 36.5. The number of rotatable bonds is 6. The van der Waals surface area contributed by atoms with Gasteiger partial charge in [0.1, 0.15) is 6.04 Å². The Labute approximate surface area is 131 Å². The van der Waals surface area contributed by atoms with Crippen molar-refractivity contribution in [3.8, 4) is 0 Å². The maximum absolute atomic E-state index is 11.8. The first-order chi connectivity index (χ1) is 10.3. The lowest BCUT2D eigenvalue weighted by molar-refractivity contribution is -0.154. The number of esters is 1. The number of Topliss-reactive ketones (excluding diaryl/α,β-unsaturated/α-hetero) is 1. The number of carbonyl (C=O) groups excluding carboxylic acids is 3. The van der Waals surface area contributed by atoms with E-state index in [-0.39, 0.29) is 11.7 Å². The van der Waals surface area contributed by atoms with E-state index >= 15 is 0 Å². The maximum atomic E-state index is 11.8. The standard InChI is InChI=1S/C15H26N2O5/c1-10(2)8-11(16)14(19)21-9-22-15(20)17(3)12-6-4-5-7-13(12)18/h10-12H,4-9,16H2,1-3H3. The van der Waals surface area contributed by atoms with Crippen molar-refractivity contribution in [2.24, 2.45) is 11.7 Å². The van der Waals surface area contributed by atoms with Crippen LogP contribution in [0.25, 0.3) is 0 Å². The molecule has 2 N–H and O–H groups in total. The fourth-order valence-electron chi connectivity index (χ4n) is 2.45. The molecule has 0 aromatic rings. The predicted octanol–water partition coefficient (Wildman–Crippen LogP) is 1.44. The van der Waals surface area contributed by atoms with Gasteiger partial charge in [0.2, 0.25) is 6.79 Å². The summed E-state index contributed by atoms with van der Waals surface area (Å²) in [5.41, 5.74) is 5.66. The van der Waals surface area contributed by atoms with E-state index in [1.54, 1.807) is 0 Å². The monoisotopic (exact) mass is 314 g/mol. The van der Waals surface area contributed by atoms with Gasteiger partial charge in [0.15, 0.2) is 5.78 Å². The molecule has 1 rings (SSSR count). The van der Waals surface area contributed by atoms with E-state index in [1.807, 2.05) is 13.8 Å². The Morgan fingerprint density at radius 3 is 2.59 bits per heavy atom. The van der Waals surface area contributed by atoms with Crippen molar-refractivity contribution in [3.05, 3.63) is 0 Å². The molecule has 0 aliphatic heterocycles. The highest BCUT2D eigenvalue weighted by Crippen LogP contribution is 2.19. The lowest BCUT2D eigenvalue weighted by Crippen LogP contribution is -2.44. The van der Waals surface area contributed by atoms with Gasteiger partial charge >= 0.3 is 12.1 Å². The Bertz CT molecular complexity index is 411. The van der Waals surface area contributed by atoms with Gasteiger partial charge in [-0.2, -0.15) is 0 Å². The van der Waals surface area contributed by atoms with Gasteiger partial charge in [-0.25, -0.2) is 4.79 Å². The van der Waals surface area contributed by atoms with Crippen molar-refractivity contribution in [1.82, 2.24) is 4.90 Å². The van der Waals surface area contributed by atoms with Crippen LogP contribution in [-0.4, -0.2) is 48.7 Å². The molecule has 1 amide bonds. The van der Waals surface area contributed by atoms with Gasteiger partial charge in [-0.05, 0) is 25.2 Å². The fourth-order valence-corrected chi connectivity index (χ4v) is 2.45. The van der Waals surface area contributed by atoms with Crippen molar-refractivity contribution in [2.75, 3.05) is 13.8 Å². The minimum absolute atomic E-state index is 0.0432. The Morgan fingerprint density at radius 2 is 2.00 bits per heavy atom. The van der Waals surface area contributed by atoms with Crippen LogP contribution in [0.15, 0.2) is 0 Å². The summed E-state index contributed by atoms with van der Waals surface area (Å²) in [5, 5.41) is 0. The van der Waals surface area contributed by atoms with Crippen molar-refractivity contribution >= 4 is 17.8 Å². The Balaban J connectivity index is 2.33. The van der Waals surface area contributed by atoms with Crippen LogP contribution in [0.2, 0.25) is 0 Å². The molecule has 1 fully saturated rings. The van der Waals surface area contributed by atoms with E-state index in [0.29, 0.717) is 19.3 Å². The van der Waals surface area contributed by atoms with E-state index in [1.165, 1.54) is 11.9 Å². The van der Waals surface area contributed by atoms with Crippen molar-refractivity contribution in [2.45, 2.75) is 58.0 Å². The van der Waals surface area contributed by atoms with Gasteiger partial charge in [0.05, 0.1) is 6.04 Å². The molecule has 0 saturated heterocycles. The number of carbonyl (C=O) groups is 3. The number of ether oxygens (including phenoxy) is 2. The Hall–Kier alpha value is -1.63. The van der Waals surface area contributed by atoms with Gasteiger partial charge in [-0.15, -0.1) is 0 Å². The van der Waals surface area contributed by atoms with Gasteiger partial charge < -0.3 is 20.1 Å². The predicted molar refractivity (Wildman–Crippen MR) is 79.9 cm³/mol. The van der Waals surface area contributed by atoms with Crippen LogP contribution in [0.3, 0.4) is 0 Å². The third-order valence-electron chi connectivity index (χ3n) is 3.69. The lowest BCUT2D eigenvalue weighted by atomic mass is 9.93. The van der Waals surface area contributed by atoms with Crippen LogP contribution in [0.4, 0.5) is 4.79 Å². The highest BCUT2D eigenvalue weighted by molar-refractivity contribution is 5.87. The first-order valence-corrected chi connectivity index (χ1v) is 7.67. The van der Waals surface area contributed by atoms with E-state index in [4.69, 9.17) is 15.2 Å². The zero-order valence-corrected chi connectivity index (χ0v) is 13.5. The molecule has 0 heterocycles. The van der Waals surface area contributed by atoms with E-state index in [2.05, 4.69) is 0 Å². The summed E-state index contributed by atoms with van der Waals surface area (Å²) in [6.45, 7) is 3.40. The largest absolute Gasteiger partial charge is 0.427 e. The molecule has 1 aliphatic rings. The van der Waals surface area contributed by atoms with Crippen molar-refractivity contribution < 1.29 is 23.9 Å². The Kier molecular flexibility index (Phi) is 7.31. The molecular formula is C15H26N2O5. The molecule has 2 atom stereocenters. The molecule has 7 nitrogen and oxygen atoms in total. The highest BCUT2D eigenvalue weighted by atomic mass is 16.7. The zero-order chi connectivity index (χ0) is 16.7. The molecule has 0 aromatic heterocycles. The summed E-state index contributed by atoms with van der Waals surface area (Å²) in [6, 6.07) is -1.17. The van der Waals surface area contributed by atoms with E-state index in [0.717, 1.165) is 12.8 Å². The van der Waals surface area contributed by atoms with E-state index < -0.39 is 30.9 Å². The highest BCUT2D eigenvalue weighted by Gasteiger charge is 2.29. The van der Waals surface area contributed by atoms with E-state index in [9.17, 15) is 14.4 Å². The molecule has 2 unspecified atom stereocenters. The van der Waals surface area contributed by atoms with Crippen LogP contribution in [0.1, 0.15) is 46.0 Å². The molecule has 0 spiro atoms. The SMILES string of the molecule is CC(C)CC(N)C(=O)OCOC(=O)N(C)C1CCCCC1=O. The van der Waals surface area contributed by atoms with Crippen LogP contribution >= 0.6 is 0 Å². The first kappa shape index (κ1) is 18.4. The average molecular weight is 314 g/mol. The molecular weight excluding hydrogens is 288 g/mol. The maximum Gasteiger partial charge on any atom is 0.413 e. The molecule has 0 aromatic carbocycles. The molecule has 0 bridgehead atoms. The number of hydrogen-bond donors (Lipinski definition) is 1. The average Bonchev–Trinajstić information content (AvgIpc) is 2.46. The number of nitrogens with two attached hydrogens (primary N) is 1. The quantitative estimate of drug-likeness (QED) is 0.588. The van der Waals surface area contributed by atoms with Crippen LogP contribution < -0.4 is 5.73 Å². The molecule has 0 radical (unpaired) electrons. The second kappa shape index (κ2) is 8.73. The lowest BCUT2D eigenvalue weighted by Gasteiger charge is -2.29. The van der Waals surface area contributed by atoms with Crippen molar-refractivity contribution in [1.29, 1.82) is 0 Å². The summed E-state index contributed by atoms with van der Waals surface area (Å²) in [6.07, 6.45) is 2.73. The molecule has 7 heteroatoms. The molecule has 1 aliphatic carbocycles. The first-order valence-electron chi connectivity index (χ1n) is 7.67. The third-order valence-corrected chi connectivity index (χ3v) is 3.69. The minimum Gasteiger partial charge on any atom is -0.427 e. The Morgan fingerprint density at radius 1 is 1.32 bits per heavy atom. The third kappa shape index (κ3) is 5.63. The minimum atomic E-state index is -0.726. The smallest absolute Gasteiger partial charge is 0.413 e. The van der Waals surface area contributed by atoms with Crippen molar-refractivity contribution in [3.63, 3.8) is 0 Å². The molecule has 1 saturated carbocycles. The topological polar surface area (TPSA) is 98.9 Å². The summed E-state index contributed by atoms with van der Waals surface area (Å²) in [5.74, 6) is -0.284. The normalized spacial score (nSPS) is 19.7. The molecule has 22 heavy (non-hydrogen) atoms. The second-order valence-electron chi connectivity index (χ2n) is 6.07. The summed E-state index contributed by atoms with van der Waals surface area (Å²) >= 11 is 0.